The Kier molecular flexibility index (Phi) is 3.74. The molecule has 2 rings (SSSR count). The molecule has 0 saturated carbocycles. The Morgan fingerprint density at radius 3 is 2.39 bits per heavy atom. The lowest BCUT2D eigenvalue weighted by Gasteiger charge is -2.05. The van der Waals surface area contributed by atoms with Crippen molar-refractivity contribution in [2.75, 3.05) is 0 Å². The highest BCUT2D eigenvalue weighted by Gasteiger charge is 2.14. The molecule has 2 aromatic carbocycles. The normalized spacial score (nSPS) is 11.4. The highest BCUT2D eigenvalue weighted by Crippen LogP contribution is 2.14. The molecule has 0 N–H and O–H groups in total. The van der Waals surface area contributed by atoms with Crippen molar-refractivity contribution in [3.8, 4) is 0 Å². The van der Waals surface area contributed by atoms with Gasteiger partial charge in [-0.3, -0.25) is 4.18 Å². The molecule has 18 heavy (non-hydrogen) atoms. The molecule has 0 amide bonds. The summed E-state index contributed by atoms with van der Waals surface area (Å²) in [6.07, 6.45) is 0. The van der Waals surface area contributed by atoms with Crippen molar-refractivity contribution in [1.82, 2.24) is 0 Å². The maximum absolute atomic E-state index is 12.9. The lowest BCUT2D eigenvalue weighted by atomic mass is 10.2. The van der Waals surface area contributed by atoms with Crippen molar-refractivity contribution < 1.29 is 17.0 Å². The van der Waals surface area contributed by atoms with Crippen LogP contribution in [0.5, 0.6) is 0 Å². The molecule has 0 bridgehead atoms. The molecule has 94 valence electrons. The zero-order valence-electron chi connectivity index (χ0n) is 9.41. The fraction of sp³-hybridized carbons (Fsp3) is 0.0769. The lowest BCUT2D eigenvalue weighted by Crippen LogP contribution is -2.06. The van der Waals surface area contributed by atoms with Crippen LogP contribution in [0.1, 0.15) is 5.56 Å². The molecule has 0 aliphatic rings. The molecule has 0 heterocycles. The zero-order chi connectivity index (χ0) is 13.0. The Bertz CT molecular complexity index is 624. The van der Waals surface area contributed by atoms with E-state index in [0.29, 0.717) is 5.56 Å². The molecule has 0 saturated heterocycles. The van der Waals surface area contributed by atoms with Crippen LogP contribution in [-0.2, 0) is 20.9 Å². The van der Waals surface area contributed by atoms with Crippen LogP contribution in [0.2, 0.25) is 0 Å². The summed E-state index contributed by atoms with van der Waals surface area (Å²) in [5.41, 5.74) is 0.467. The van der Waals surface area contributed by atoms with E-state index in [4.69, 9.17) is 4.18 Å². The smallest absolute Gasteiger partial charge is 0.262 e. The Labute approximate surface area is 105 Å². The Hall–Kier alpha value is -1.72. The third-order valence-corrected chi connectivity index (χ3v) is 3.58. The fourth-order valence-corrected chi connectivity index (χ4v) is 2.35. The monoisotopic (exact) mass is 266 g/mol. The Morgan fingerprint density at radius 2 is 1.72 bits per heavy atom. The zero-order valence-corrected chi connectivity index (χ0v) is 10.2. The summed E-state index contributed by atoms with van der Waals surface area (Å²) in [6, 6.07) is 13.5. The Morgan fingerprint density at radius 1 is 1.00 bits per heavy atom. The van der Waals surface area contributed by atoms with E-state index >= 15 is 0 Å². The van der Waals surface area contributed by atoms with E-state index < -0.39 is 15.9 Å². The van der Waals surface area contributed by atoms with Gasteiger partial charge in [0.25, 0.3) is 10.1 Å². The van der Waals surface area contributed by atoms with E-state index in [9.17, 15) is 12.8 Å². The third-order valence-electron chi connectivity index (χ3n) is 2.30. The van der Waals surface area contributed by atoms with Gasteiger partial charge in [-0.15, -0.1) is 0 Å². The number of hydrogen-bond donors (Lipinski definition) is 0. The molecule has 0 aliphatic carbocycles. The third kappa shape index (κ3) is 3.15. The minimum Gasteiger partial charge on any atom is -0.262 e. The molecule has 0 aliphatic heterocycles. The summed E-state index contributed by atoms with van der Waals surface area (Å²) in [5, 5.41) is 0. The van der Waals surface area contributed by atoms with Crippen molar-refractivity contribution in [3.63, 3.8) is 0 Å². The van der Waals surface area contributed by atoms with Gasteiger partial charge < -0.3 is 0 Å². The van der Waals surface area contributed by atoms with E-state index in [0.717, 1.165) is 0 Å². The minimum atomic E-state index is -3.79. The van der Waals surface area contributed by atoms with E-state index in [1.54, 1.807) is 24.3 Å². The van der Waals surface area contributed by atoms with Crippen LogP contribution in [-0.4, -0.2) is 8.42 Å². The maximum atomic E-state index is 12.9. The van der Waals surface area contributed by atoms with Gasteiger partial charge in [-0.05, 0) is 29.8 Å². The van der Waals surface area contributed by atoms with E-state index in [1.165, 1.54) is 30.3 Å². The van der Waals surface area contributed by atoms with Crippen molar-refractivity contribution in [2.45, 2.75) is 11.5 Å². The average Bonchev–Trinajstić information content (AvgIpc) is 2.38. The first-order valence-corrected chi connectivity index (χ1v) is 6.68. The summed E-state index contributed by atoms with van der Waals surface area (Å²) in [6.45, 7) is -0.186. The number of halogens is 1. The van der Waals surface area contributed by atoms with Gasteiger partial charge in [0.05, 0.1) is 11.5 Å². The van der Waals surface area contributed by atoms with Gasteiger partial charge in [0.15, 0.2) is 0 Å². The first-order valence-electron chi connectivity index (χ1n) is 5.27. The largest absolute Gasteiger partial charge is 0.297 e. The maximum Gasteiger partial charge on any atom is 0.297 e. The van der Waals surface area contributed by atoms with Gasteiger partial charge in [-0.25, -0.2) is 4.39 Å². The molecule has 0 atom stereocenters. The van der Waals surface area contributed by atoms with Crippen molar-refractivity contribution >= 4 is 10.1 Å². The Balaban J connectivity index is 2.11. The molecule has 0 spiro atoms. The van der Waals surface area contributed by atoms with Gasteiger partial charge >= 0.3 is 0 Å². The van der Waals surface area contributed by atoms with Crippen molar-refractivity contribution in [2.24, 2.45) is 0 Å². The highest BCUT2D eigenvalue weighted by atomic mass is 32.2. The summed E-state index contributed by atoms with van der Waals surface area (Å²) >= 11 is 0. The van der Waals surface area contributed by atoms with Crippen LogP contribution in [0.3, 0.4) is 0 Å². The van der Waals surface area contributed by atoms with E-state index in [2.05, 4.69) is 0 Å². The summed E-state index contributed by atoms with van der Waals surface area (Å²) in [4.78, 5) is 0.0846. The van der Waals surface area contributed by atoms with Gasteiger partial charge in [0.1, 0.15) is 5.82 Å². The van der Waals surface area contributed by atoms with Crippen LogP contribution in [0.15, 0.2) is 59.5 Å². The van der Waals surface area contributed by atoms with Gasteiger partial charge in [0.2, 0.25) is 0 Å². The molecule has 0 radical (unpaired) electrons. The van der Waals surface area contributed by atoms with Crippen LogP contribution >= 0.6 is 0 Å². The van der Waals surface area contributed by atoms with Crippen molar-refractivity contribution in [1.29, 1.82) is 0 Å². The lowest BCUT2D eigenvalue weighted by molar-refractivity contribution is 0.307. The second-order valence-corrected chi connectivity index (χ2v) is 5.27. The first-order chi connectivity index (χ1) is 8.58. The predicted octanol–water partition coefficient (Wildman–Crippen LogP) is 2.73. The molecule has 0 fully saturated rings. The van der Waals surface area contributed by atoms with E-state index in [-0.39, 0.29) is 11.5 Å². The summed E-state index contributed by atoms with van der Waals surface area (Å²) in [7, 11) is -3.79. The predicted molar refractivity (Wildman–Crippen MR) is 64.8 cm³/mol. The average molecular weight is 266 g/mol. The van der Waals surface area contributed by atoms with Gasteiger partial charge in [-0.1, -0.05) is 30.3 Å². The minimum absolute atomic E-state index is 0.0846. The molecule has 3 nitrogen and oxygen atoms in total. The second kappa shape index (κ2) is 5.29. The van der Waals surface area contributed by atoms with Crippen molar-refractivity contribution in [3.05, 3.63) is 66.0 Å². The van der Waals surface area contributed by atoms with Crippen LogP contribution < -0.4 is 0 Å². The molecular weight excluding hydrogens is 255 g/mol. The highest BCUT2D eigenvalue weighted by molar-refractivity contribution is 7.86. The molecule has 5 heteroatoms. The van der Waals surface area contributed by atoms with Gasteiger partial charge in [-0.2, -0.15) is 8.42 Å². The number of rotatable bonds is 4. The SMILES string of the molecule is O=S(=O)(OCc1cccc(F)c1)c1ccccc1. The number of hydrogen-bond acceptors (Lipinski definition) is 3. The van der Waals surface area contributed by atoms with Gasteiger partial charge in [0, 0.05) is 0 Å². The molecular formula is C13H11FO3S. The molecule has 0 aromatic heterocycles. The summed E-state index contributed by atoms with van der Waals surface area (Å²) in [5.74, 6) is -0.423. The fourth-order valence-electron chi connectivity index (χ4n) is 1.43. The van der Waals surface area contributed by atoms with E-state index in [1.807, 2.05) is 0 Å². The van der Waals surface area contributed by atoms with Crippen LogP contribution in [0.25, 0.3) is 0 Å². The first kappa shape index (κ1) is 12.7. The standard InChI is InChI=1S/C13H11FO3S/c14-12-6-4-5-11(9-12)10-17-18(15,16)13-7-2-1-3-8-13/h1-9H,10H2. The topological polar surface area (TPSA) is 43.4 Å². The molecule has 0 unspecified atom stereocenters. The molecule has 2 aromatic rings. The van der Waals surface area contributed by atoms with Crippen LogP contribution in [0.4, 0.5) is 4.39 Å². The second-order valence-electron chi connectivity index (χ2n) is 3.66. The van der Waals surface area contributed by atoms with Crippen LogP contribution in [0, 0.1) is 5.82 Å². The number of benzene rings is 2. The quantitative estimate of drug-likeness (QED) is 0.799. The summed E-state index contributed by atoms with van der Waals surface area (Å²) < 4.78 is 41.3.